The summed E-state index contributed by atoms with van der Waals surface area (Å²) in [7, 11) is 0. The molecule has 3 nitrogen and oxygen atoms in total. The molecule has 0 bridgehead atoms. The van der Waals surface area contributed by atoms with Gasteiger partial charge in [0.1, 0.15) is 0 Å². The minimum atomic E-state index is -2.80. The Balaban J connectivity index is 0.00000338. The Morgan fingerprint density at radius 3 is 2.68 bits per heavy atom. The summed E-state index contributed by atoms with van der Waals surface area (Å²) in [6.07, 6.45) is 6.35. The number of hydrogen-bond acceptors (Lipinski definition) is 3. The highest BCUT2D eigenvalue weighted by Crippen LogP contribution is 2.32. The van der Waals surface area contributed by atoms with Crippen molar-refractivity contribution in [2.45, 2.75) is 32.6 Å². The highest BCUT2D eigenvalue weighted by Gasteiger charge is 2.28. The molecule has 1 aliphatic rings. The lowest BCUT2D eigenvalue weighted by Crippen LogP contribution is -2.25. The molecule has 2 N–H and O–H groups in total. The zero-order valence-electron chi connectivity index (χ0n) is 14.8. The van der Waals surface area contributed by atoms with Crippen molar-refractivity contribution < 1.29 is 11.6 Å². The van der Waals surface area contributed by atoms with E-state index in [9.17, 15) is 8.78 Å². The Morgan fingerprint density at radius 2 is 2.12 bits per heavy atom. The first-order valence-electron chi connectivity index (χ1n) is 8.51. The second-order valence-corrected chi connectivity index (χ2v) is 5.88. The summed E-state index contributed by atoms with van der Waals surface area (Å²) in [5, 5.41) is 6.45. The van der Waals surface area contributed by atoms with Crippen LogP contribution in [0.3, 0.4) is 0 Å². The molecule has 0 saturated heterocycles. The summed E-state index contributed by atoms with van der Waals surface area (Å²) in [5.41, 5.74) is 3.31. The van der Waals surface area contributed by atoms with E-state index in [-0.39, 0.29) is 14.8 Å². The molecule has 1 aromatic carbocycles. The van der Waals surface area contributed by atoms with E-state index in [1.165, 1.54) is 19.1 Å². The van der Waals surface area contributed by atoms with Gasteiger partial charge < -0.3 is 10.6 Å². The predicted octanol–water partition coefficient (Wildman–Crippen LogP) is 5.50. The largest absolute Gasteiger partial charge is 0.354 e. The number of benzene rings is 1. The van der Waals surface area contributed by atoms with Gasteiger partial charge in [-0.1, -0.05) is 37.8 Å². The third-order valence-corrected chi connectivity index (χ3v) is 4.05. The van der Waals surface area contributed by atoms with Gasteiger partial charge in [-0.25, -0.2) is 8.78 Å². The number of halogens is 2. The van der Waals surface area contributed by atoms with Crippen LogP contribution in [-0.2, 0) is 5.92 Å². The van der Waals surface area contributed by atoms with Crippen LogP contribution in [-0.4, -0.2) is 18.8 Å². The van der Waals surface area contributed by atoms with Crippen LogP contribution in [0, 0.1) is 0 Å². The first kappa shape index (κ1) is 19.1. The maximum Gasteiger partial charge on any atom is 0.273 e. The van der Waals surface area contributed by atoms with E-state index in [2.05, 4.69) is 28.3 Å². The van der Waals surface area contributed by atoms with E-state index in [1.54, 1.807) is 18.3 Å². The molecule has 138 valence electrons. The molecule has 25 heavy (non-hydrogen) atoms. The lowest BCUT2D eigenvalue weighted by Gasteiger charge is -2.19. The molecule has 0 aromatic heterocycles. The first-order chi connectivity index (χ1) is 12.0. The molecule has 0 unspecified atom stereocenters. The number of allylic oxidation sites excluding steroid dienone is 2. The molecule has 2 rings (SSSR count). The van der Waals surface area contributed by atoms with Gasteiger partial charge >= 0.3 is 0 Å². The van der Waals surface area contributed by atoms with Crippen molar-refractivity contribution in [1.29, 1.82) is 0 Å². The Bertz CT molecular complexity index is 696. The molecular formula is C20H29F2N3. The van der Waals surface area contributed by atoms with Crippen LogP contribution in [0.1, 0.15) is 35.1 Å². The molecule has 0 radical (unpaired) electrons. The Kier molecular flexibility index (Phi) is 6.65. The quantitative estimate of drug-likeness (QED) is 0.638. The van der Waals surface area contributed by atoms with E-state index >= 15 is 0 Å². The van der Waals surface area contributed by atoms with Crippen molar-refractivity contribution in [2.75, 3.05) is 18.4 Å². The Hall–Kier alpha value is -2.27. The summed E-state index contributed by atoms with van der Waals surface area (Å²) in [6, 6.07) is 6.19. The summed E-state index contributed by atoms with van der Waals surface area (Å²) >= 11 is 0. The summed E-state index contributed by atoms with van der Waals surface area (Å²) in [5.74, 6) is -2.80. The maximum absolute atomic E-state index is 13.7. The summed E-state index contributed by atoms with van der Waals surface area (Å²) < 4.78 is 27.4. The molecule has 1 aromatic rings. The standard InChI is InChI=1S/C20H25F2N3.2H2/c1-4-12-24-19(16-10-13-23-14-11-16)15(3)25-18-8-6-17(7-9-18)20(21,22)5-2;;/h4,6-10,12,23,25H,3,5,11,13-14H2,1-2H3;2*1H/b12-4-,24-19?;;. The van der Waals surface area contributed by atoms with Crippen LogP contribution < -0.4 is 10.6 Å². The van der Waals surface area contributed by atoms with Crippen LogP contribution in [0.2, 0.25) is 0 Å². The lowest BCUT2D eigenvalue weighted by molar-refractivity contribution is -0.00826. The van der Waals surface area contributed by atoms with Crippen molar-refractivity contribution in [3.63, 3.8) is 0 Å². The van der Waals surface area contributed by atoms with Gasteiger partial charge in [-0.3, -0.25) is 4.99 Å². The Morgan fingerprint density at radius 1 is 1.40 bits per heavy atom. The number of anilines is 1. The summed E-state index contributed by atoms with van der Waals surface area (Å²) in [6.45, 7) is 9.16. The highest BCUT2D eigenvalue weighted by molar-refractivity contribution is 6.14. The van der Waals surface area contributed by atoms with Gasteiger partial charge in [0.2, 0.25) is 0 Å². The van der Waals surface area contributed by atoms with E-state index in [0.29, 0.717) is 11.4 Å². The van der Waals surface area contributed by atoms with Gasteiger partial charge in [0.05, 0.1) is 11.4 Å². The second kappa shape index (κ2) is 8.72. The fraction of sp³-hybridized carbons (Fsp3) is 0.350. The summed E-state index contributed by atoms with van der Waals surface area (Å²) in [4.78, 5) is 4.49. The van der Waals surface area contributed by atoms with Crippen molar-refractivity contribution in [2.24, 2.45) is 4.99 Å². The van der Waals surface area contributed by atoms with Crippen LogP contribution in [0.5, 0.6) is 0 Å². The SMILES string of the molecule is C=C(Nc1ccc(C(F)(F)CC)cc1)C(=N/C=C\C)C1=CCNCC1.[HH].[HH]. The molecule has 1 heterocycles. The average Bonchev–Trinajstić information content (AvgIpc) is 2.63. The topological polar surface area (TPSA) is 36.4 Å². The number of rotatable bonds is 7. The zero-order valence-corrected chi connectivity index (χ0v) is 14.8. The second-order valence-electron chi connectivity index (χ2n) is 5.88. The van der Waals surface area contributed by atoms with Crippen molar-refractivity contribution in [3.8, 4) is 0 Å². The number of hydrogen-bond donors (Lipinski definition) is 2. The van der Waals surface area contributed by atoms with Gasteiger partial charge in [-0.05, 0) is 37.6 Å². The molecule has 0 saturated carbocycles. The van der Waals surface area contributed by atoms with Crippen LogP contribution in [0.25, 0.3) is 0 Å². The fourth-order valence-electron chi connectivity index (χ4n) is 2.58. The minimum Gasteiger partial charge on any atom is -0.354 e. The monoisotopic (exact) mass is 349 g/mol. The minimum absolute atomic E-state index is 0. The van der Waals surface area contributed by atoms with Gasteiger partial charge in [0.15, 0.2) is 0 Å². The normalized spacial score (nSPS) is 16.0. The molecule has 5 heteroatoms. The number of aliphatic imine (C=N–C) groups is 1. The first-order valence-corrected chi connectivity index (χ1v) is 8.51. The van der Waals surface area contributed by atoms with Crippen LogP contribution in [0.4, 0.5) is 14.5 Å². The molecule has 0 amide bonds. The van der Waals surface area contributed by atoms with Crippen LogP contribution in [0.15, 0.2) is 65.5 Å². The van der Waals surface area contributed by atoms with Crippen molar-refractivity contribution in [1.82, 2.24) is 5.32 Å². The van der Waals surface area contributed by atoms with Gasteiger partial charge in [0, 0.05) is 33.3 Å². The van der Waals surface area contributed by atoms with Gasteiger partial charge in [-0.2, -0.15) is 0 Å². The predicted molar refractivity (Wildman–Crippen MR) is 105 cm³/mol. The fourth-order valence-corrected chi connectivity index (χ4v) is 2.58. The van der Waals surface area contributed by atoms with Crippen molar-refractivity contribution in [3.05, 3.63) is 66.0 Å². The van der Waals surface area contributed by atoms with E-state index in [4.69, 9.17) is 0 Å². The zero-order chi connectivity index (χ0) is 18.3. The lowest BCUT2D eigenvalue weighted by atomic mass is 10.0. The smallest absolute Gasteiger partial charge is 0.273 e. The molecule has 0 spiro atoms. The molecule has 0 atom stereocenters. The van der Waals surface area contributed by atoms with Gasteiger partial charge in [0.25, 0.3) is 5.92 Å². The van der Waals surface area contributed by atoms with E-state index in [1.807, 2.05) is 13.0 Å². The van der Waals surface area contributed by atoms with Gasteiger partial charge in [-0.15, -0.1) is 0 Å². The molecular weight excluding hydrogens is 320 g/mol. The third kappa shape index (κ3) is 5.10. The van der Waals surface area contributed by atoms with Crippen LogP contribution >= 0.6 is 0 Å². The third-order valence-electron chi connectivity index (χ3n) is 4.05. The number of nitrogens with zero attached hydrogens (tertiary/aromatic N) is 1. The van der Waals surface area contributed by atoms with E-state index in [0.717, 1.165) is 30.8 Å². The molecule has 0 aliphatic carbocycles. The molecule has 1 aliphatic heterocycles. The maximum atomic E-state index is 13.7. The van der Waals surface area contributed by atoms with Crippen molar-refractivity contribution >= 4 is 11.4 Å². The van der Waals surface area contributed by atoms with E-state index < -0.39 is 5.92 Å². The molecule has 0 fully saturated rings. The number of alkyl halides is 2. The highest BCUT2D eigenvalue weighted by atomic mass is 19.3. The Labute approximate surface area is 151 Å². The average molecular weight is 349 g/mol. The number of nitrogens with one attached hydrogen (secondary N) is 2.